The van der Waals surface area contributed by atoms with E-state index < -0.39 is 29.7 Å². The van der Waals surface area contributed by atoms with Crippen molar-refractivity contribution in [2.24, 2.45) is 5.41 Å². The van der Waals surface area contributed by atoms with Crippen LogP contribution in [0.25, 0.3) is 4.85 Å². The van der Waals surface area contributed by atoms with Crippen LogP contribution in [0.5, 0.6) is 0 Å². The first kappa shape index (κ1) is 37.0. The first-order valence-electron chi connectivity index (χ1n) is 19.7. The van der Waals surface area contributed by atoms with Gasteiger partial charge in [0.1, 0.15) is 6.04 Å². The smallest absolute Gasteiger partial charge is 0.262 e. The molecule has 6 aliphatic heterocycles. The number of nitrogens with one attached hydrogen (secondary N) is 1. The molecule has 2 atom stereocenters. The highest BCUT2D eigenvalue weighted by Gasteiger charge is 2.46. The highest BCUT2D eigenvalue weighted by Crippen LogP contribution is 2.46. The summed E-state index contributed by atoms with van der Waals surface area (Å²) in [7, 11) is 0. The van der Waals surface area contributed by atoms with Gasteiger partial charge in [-0.05, 0) is 68.4 Å². The number of piperazine rings is 1. The monoisotopic (exact) mass is 790 g/mol. The SMILES string of the molecule is [C-]#[N+]c1ccc(N2CC3(CCN(c4ncc(C(=O)N5CCN(C6CN(c7ccc8c(c7)C(=O)N(C7CCC(=O)NC7=O)C8=O)C6)CC5)cn4)CC3)C[C@@H]2C)cc1Cl. The van der Waals surface area contributed by atoms with Crippen LogP contribution in [0.4, 0.5) is 23.0 Å². The van der Waals surface area contributed by atoms with Crippen molar-refractivity contribution in [1.82, 2.24) is 30.0 Å². The van der Waals surface area contributed by atoms with Gasteiger partial charge in [-0.1, -0.05) is 17.7 Å². The number of piperidine rings is 2. The van der Waals surface area contributed by atoms with Crippen LogP contribution in [0.15, 0.2) is 48.8 Å². The molecule has 1 unspecified atom stereocenters. The minimum Gasteiger partial charge on any atom is -0.368 e. The van der Waals surface area contributed by atoms with Crippen LogP contribution in [0.1, 0.15) is 70.1 Å². The predicted molar refractivity (Wildman–Crippen MR) is 212 cm³/mol. The maximum Gasteiger partial charge on any atom is 0.262 e. The summed E-state index contributed by atoms with van der Waals surface area (Å²) in [5.41, 5.74) is 3.61. The molecule has 5 fully saturated rings. The molecule has 0 aliphatic carbocycles. The molecule has 294 valence electrons. The van der Waals surface area contributed by atoms with Crippen LogP contribution in [0, 0.1) is 12.0 Å². The van der Waals surface area contributed by atoms with Crippen molar-refractivity contribution in [2.45, 2.75) is 57.2 Å². The third-order valence-corrected chi connectivity index (χ3v) is 13.2. The number of carbonyl (C=O) groups is 5. The molecule has 2 aromatic carbocycles. The van der Waals surface area contributed by atoms with E-state index in [2.05, 4.69) is 46.7 Å². The number of anilines is 3. The summed E-state index contributed by atoms with van der Waals surface area (Å²) in [4.78, 5) is 88.7. The maximum atomic E-state index is 13.5. The van der Waals surface area contributed by atoms with E-state index >= 15 is 0 Å². The van der Waals surface area contributed by atoms with Gasteiger partial charge in [-0.3, -0.25) is 39.1 Å². The largest absolute Gasteiger partial charge is 0.368 e. The number of imide groups is 2. The van der Waals surface area contributed by atoms with Crippen LogP contribution >= 0.6 is 11.6 Å². The third kappa shape index (κ3) is 6.64. The molecular formula is C41H43ClN10O5. The number of hydrogen-bond donors (Lipinski definition) is 1. The zero-order valence-electron chi connectivity index (χ0n) is 31.7. The Morgan fingerprint density at radius 2 is 1.60 bits per heavy atom. The highest BCUT2D eigenvalue weighted by molar-refractivity contribution is 6.33. The molecule has 15 nitrogen and oxygen atoms in total. The van der Waals surface area contributed by atoms with Crippen LogP contribution in [-0.4, -0.2) is 131 Å². The van der Waals surface area contributed by atoms with Crippen molar-refractivity contribution in [2.75, 3.05) is 73.6 Å². The molecule has 9 rings (SSSR count). The average Bonchev–Trinajstić information content (AvgIpc) is 3.65. The molecule has 0 bridgehead atoms. The quantitative estimate of drug-likeness (QED) is 0.289. The van der Waals surface area contributed by atoms with Crippen molar-refractivity contribution in [3.05, 3.63) is 81.9 Å². The summed E-state index contributed by atoms with van der Waals surface area (Å²) in [6.45, 7) is 16.4. The van der Waals surface area contributed by atoms with Gasteiger partial charge < -0.3 is 19.6 Å². The Morgan fingerprint density at radius 3 is 2.28 bits per heavy atom. The van der Waals surface area contributed by atoms with Crippen molar-refractivity contribution in [1.29, 1.82) is 0 Å². The molecule has 5 saturated heterocycles. The summed E-state index contributed by atoms with van der Waals surface area (Å²) >= 11 is 6.37. The van der Waals surface area contributed by atoms with Crippen LogP contribution in [0.3, 0.4) is 0 Å². The van der Waals surface area contributed by atoms with E-state index in [0.29, 0.717) is 47.4 Å². The van der Waals surface area contributed by atoms with Gasteiger partial charge >= 0.3 is 0 Å². The Kier molecular flexibility index (Phi) is 9.36. The molecule has 16 heteroatoms. The van der Waals surface area contributed by atoms with Crippen molar-refractivity contribution in [3.8, 4) is 0 Å². The van der Waals surface area contributed by atoms with E-state index in [4.69, 9.17) is 18.2 Å². The number of benzene rings is 2. The van der Waals surface area contributed by atoms with Gasteiger partial charge in [0.25, 0.3) is 17.7 Å². The second kappa shape index (κ2) is 14.4. The van der Waals surface area contributed by atoms with Crippen molar-refractivity contribution in [3.63, 3.8) is 0 Å². The first-order chi connectivity index (χ1) is 27.5. The molecule has 5 amide bonds. The molecule has 3 aromatic rings. The minimum absolute atomic E-state index is 0.0673. The van der Waals surface area contributed by atoms with Crippen LogP contribution < -0.4 is 20.0 Å². The molecule has 7 heterocycles. The first-order valence-corrected chi connectivity index (χ1v) is 20.0. The standard InChI is InChI=1S/C41H43ClN10O5/c1-25-19-41(24-51(25)28-4-6-33(43-2)32(42)18-28)9-11-49(12-10-41)40-44-20-26(21-45-40)37(55)48-15-13-47(14-16-48)29-22-50(23-29)27-3-5-30-31(17-27)39(57)52(38(30)56)34-7-8-35(53)46-36(34)54/h3-6,17-18,20-21,25,29,34H,7-16,19,22-24H2,1H3,(H,46,53,54)/t25-,34?/m0/s1. The number of fused-ring (bicyclic) bond motifs is 1. The van der Waals surface area contributed by atoms with Crippen LogP contribution in [-0.2, 0) is 9.59 Å². The number of halogens is 1. The number of nitrogens with zero attached hydrogens (tertiary/aromatic N) is 9. The van der Waals surface area contributed by atoms with Gasteiger partial charge in [-0.15, -0.1) is 0 Å². The number of aromatic nitrogens is 2. The minimum atomic E-state index is -0.989. The Hall–Kier alpha value is -5.59. The second-order valence-electron chi connectivity index (χ2n) is 16.3. The Balaban J connectivity index is 0.741. The fourth-order valence-corrected chi connectivity index (χ4v) is 9.81. The van der Waals surface area contributed by atoms with E-state index in [9.17, 15) is 24.0 Å². The van der Waals surface area contributed by atoms with E-state index in [1.807, 2.05) is 23.1 Å². The zero-order chi connectivity index (χ0) is 39.6. The van der Waals surface area contributed by atoms with Crippen molar-refractivity contribution < 1.29 is 24.0 Å². The van der Waals surface area contributed by atoms with E-state index in [-0.39, 0.29) is 35.3 Å². The van der Waals surface area contributed by atoms with Gasteiger partial charge in [-0.25, -0.2) is 14.8 Å². The summed E-state index contributed by atoms with van der Waals surface area (Å²) in [6, 6.07) is 10.6. The molecular weight excluding hydrogens is 748 g/mol. The Labute approximate surface area is 335 Å². The number of amides is 5. The van der Waals surface area contributed by atoms with Crippen molar-refractivity contribution >= 4 is 64.1 Å². The molecule has 1 aromatic heterocycles. The third-order valence-electron chi connectivity index (χ3n) is 12.9. The maximum absolute atomic E-state index is 13.5. The lowest BCUT2D eigenvalue weighted by Gasteiger charge is -2.49. The lowest BCUT2D eigenvalue weighted by Crippen LogP contribution is -2.63. The Bertz CT molecular complexity index is 2210. The van der Waals surface area contributed by atoms with Gasteiger partial charge in [-0.2, -0.15) is 0 Å². The Morgan fingerprint density at radius 1 is 0.895 bits per heavy atom. The van der Waals surface area contributed by atoms with Gasteiger partial charge in [0.05, 0.1) is 23.3 Å². The highest BCUT2D eigenvalue weighted by atomic mass is 35.5. The van der Waals surface area contributed by atoms with Gasteiger partial charge in [0.15, 0.2) is 0 Å². The lowest BCUT2D eigenvalue weighted by atomic mass is 9.77. The zero-order valence-corrected chi connectivity index (χ0v) is 32.5. The molecule has 57 heavy (non-hydrogen) atoms. The number of rotatable bonds is 6. The second-order valence-corrected chi connectivity index (χ2v) is 16.7. The summed E-state index contributed by atoms with van der Waals surface area (Å²) in [5.74, 6) is -1.46. The molecule has 6 aliphatic rings. The molecule has 1 N–H and O–H groups in total. The summed E-state index contributed by atoms with van der Waals surface area (Å²) in [6.07, 6.45) is 6.65. The van der Waals surface area contributed by atoms with E-state index in [1.165, 1.54) is 0 Å². The number of carbonyl (C=O) groups excluding carboxylic acids is 5. The van der Waals surface area contributed by atoms with E-state index in [0.717, 1.165) is 81.4 Å². The normalized spacial score (nSPS) is 23.8. The lowest BCUT2D eigenvalue weighted by molar-refractivity contribution is -0.136. The summed E-state index contributed by atoms with van der Waals surface area (Å²) < 4.78 is 0. The van der Waals surface area contributed by atoms with Gasteiger partial charge in [0.2, 0.25) is 23.5 Å². The number of hydrogen-bond acceptors (Lipinski definition) is 11. The summed E-state index contributed by atoms with van der Waals surface area (Å²) in [5, 5.41) is 2.72. The fourth-order valence-electron chi connectivity index (χ4n) is 9.59. The molecule has 1 spiro atoms. The van der Waals surface area contributed by atoms with Gasteiger partial charge in [0, 0.05) is 106 Å². The van der Waals surface area contributed by atoms with Crippen LogP contribution in [0.2, 0.25) is 5.02 Å². The molecule has 0 saturated carbocycles. The average molecular weight is 791 g/mol. The fraction of sp³-hybridized carbons (Fsp3) is 0.463. The predicted octanol–water partition coefficient (Wildman–Crippen LogP) is 3.61. The van der Waals surface area contributed by atoms with E-state index in [1.54, 1.807) is 30.6 Å². The molecule has 0 radical (unpaired) electrons. The topological polar surface area (TPSA) is 147 Å².